The van der Waals surface area contributed by atoms with Crippen LogP contribution in [0.2, 0.25) is 0 Å². The van der Waals surface area contributed by atoms with Gasteiger partial charge < -0.3 is 0 Å². The molecule has 1 fully saturated rings. The molecular weight excluding hydrogens is 151 g/mol. The standard InChI is InChI=1S/C7H15P.ClH/c1-2-7(8)5-3-4-6-7;/h2-6,8H2,1H3;1H. The molecule has 0 aromatic carbocycles. The van der Waals surface area contributed by atoms with Gasteiger partial charge in [0, 0.05) is 0 Å². The summed E-state index contributed by atoms with van der Waals surface area (Å²) in [6.45, 7) is 2.29. The quantitative estimate of drug-likeness (QED) is 0.526. The fourth-order valence-corrected chi connectivity index (χ4v) is 1.84. The zero-order chi connectivity index (χ0) is 6.04. The molecule has 0 saturated heterocycles. The van der Waals surface area contributed by atoms with Crippen molar-refractivity contribution in [2.24, 2.45) is 0 Å². The smallest absolute Gasteiger partial charge is 0.0153 e. The largest absolute Gasteiger partial charge is 0.147 e. The summed E-state index contributed by atoms with van der Waals surface area (Å²) in [7, 11) is 3.01. The van der Waals surface area contributed by atoms with Gasteiger partial charge in [0.05, 0.1) is 0 Å². The van der Waals surface area contributed by atoms with Gasteiger partial charge in [-0.25, -0.2) is 0 Å². The van der Waals surface area contributed by atoms with E-state index in [1.54, 1.807) is 0 Å². The van der Waals surface area contributed by atoms with Gasteiger partial charge in [0.2, 0.25) is 0 Å². The van der Waals surface area contributed by atoms with Crippen molar-refractivity contribution in [3.8, 4) is 0 Å². The van der Waals surface area contributed by atoms with E-state index in [0.29, 0.717) is 5.16 Å². The van der Waals surface area contributed by atoms with E-state index in [1.807, 2.05) is 0 Å². The van der Waals surface area contributed by atoms with Gasteiger partial charge in [-0.05, 0) is 24.4 Å². The Labute approximate surface area is 66.4 Å². The molecule has 0 heterocycles. The molecule has 0 N–H and O–H groups in total. The zero-order valence-electron chi connectivity index (χ0n) is 6.02. The Morgan fingerprint density at radius 3 is 2.00 bits per heavy atom. The first-order valence-corrected chi connectivity index (χ1v) is 4.13. The normalized spacial score (nSPS) is 23.3. The van der Waals surface area contributed by atoms with Crippen LogP contribution >= 0.6 is 21.6 Å². The Balaban J connectivity index is 0.000000640. The fraction of sp³-hybridized carbons (Fsp3) is 1.00. The van der Waals surface area contributed by atoms with Crippen LogP contribution in [-0.4, -0.2) is 5.16 Å². The van der Waals surface area contributed by atoms with Gasteiger partial charge in [-0.3, -0.25) is 0 Å². The van der Waals surface area contributed by atoms with E-state index in [2.05, 4.69) is 16.2 Å². The maximum atomic E-state index is 3.01. The Hall–Kier alpha value is 0.720. The van der Waals surface area contributed by atoms with Gasteiger partial charge in [0.15, 0.2) is 0 Å². The van der Waals surface area contributed by atoms with Crippen LogP contribution in [-0.2, 0) is 0 Å². The predicted molar refractivity (Wildman–Crippen MR) is 48.4 cm³/mol. The molecule has 1 rings (SSSR count). The Morgan fingerprint density at radius 2 is 1.78 bits per heavy atom. The van der Waals surface area contributed by atoms with Crippen molar-refractivity contribution >= 4 is 21.6 Å². The summed E-state index contributed by atoms with van der Waals surface area (Å²) in [4.78, 5) is 0. The molecule has 9 heavy (non-hydrogen) atoms. The molecule has 0 spiro atoms. The SMILES string of the molecule is CCC1(P)CCCC1.Cl. The monoisotopic (exact) mass is 166 g/mol. The lowest BCUT2D eigenvalue weighted by Crippen LogP contribution is -2.11. The van der Waals surface area contributed by atoms with E-state index in [-0.39, 0.29) is 12.4 Å². The van der Waals surface area contributed by atoms with Crippen molar-refractivity contribution in [3.05, 3.63) is 0 Å². The minimum absolute atomic E-state index is 0. The van der Waals surface area contributed by atoms with Crippen LogP contribution in [0.1, 0.15) is 39.0 Å². The minimum Gasteiger partial charge on any atom is -0.147 e. The van der Waals surface area contributed by atoms with Crippen LogP contribution in [0.4, 0.5) is 0 Å². The third-order valence-electron chi connectivity index (χ3n) is 2.30. The lowest BCUT2D eigenvalue weighted by atomic mass is 10.0. The molecule has 1 unspecified atom stereocenters. The van der Waals surface area contributed by atoms with Crippen molar-refractivity contribution in [2.45, 2.75) is 44.2 Å². The van der Waals surface area contributed by atoms with Gasteiger partial charge in [0.25, 0.3) is 0 Å². The first-order valence-electron chi connectivity index (χ1n) is 3.56. The van der Waals surface area contributed by atoms with Crippen LogP contribution in [0, 0.1) is 0 Å². The van der Waals surface area contributed by atoms with Gasteiger partial charge in [-0.2, -0.15) is 0 Å². The van der Waals surface area contributed by atoms with Gasteiger partial charge >= 0.3 is 0 Å². The molecule has 0 aromatic rings. The van der Waals surface area contributed by atoms with Crippen molar-refractivity contribution in [1.29, 1.82) is 0 Å². The molecule has 2 heteroatoms. The van der Waals surface area contributed by atoms with Crippen molar-refractivity contribution in [3.63, 3.8) is 0 Å². The average Bonchev–Trinajstić information content (AvgIpc) is 2.17. The molecular formula is C7H16ClP. The van der Waals surface area contributed by atoms with E-state index in [9.17, 15) is 0 Å². The van der Waals surface area contributed by atoms with Crippen molar-refractivity contribution in [1.82, 2.24) is 0 Å². The van der Waals surface area contributed by atoms with E-state index in [4.69, 9.17) is 0 Å². The first kappa shape index (κ1) is 9.72. The Morgan fingerprint density at radius 1 is 1.33 bits per heavy atom. The van der Waals surface area contributed by atoms with Gasteiger partial charge in [0.1, 0.15) is 0 Å². The summed E-state index contributed by atoms with van der Waals surface area (Å²) in [5.74, 6) is 0. The summed E-state index contributed by atoms with van der Waals surface area (Å²) < 4.78 is 0. The second kappa shape index (κ2) is 3.78. The van der Waals surface area contributed by atoms with E-state index in [0.717, 1.165) is 0 Å². The molecule has 1 aliphatic rings. The molecule has 56 valence electrons. The number of rotatable bonds is 1. The summed E-state index contributed by atoms with van der Waals surface area (Å²) in [6, 6.07) is 0. The number of hydrogen-bond acceptors (Lipinski definition) is 0. The molecule has 0 aliphatic heterocycles. The lowest BCUT2D eigenvalue weighted by Gasteiger charge is -2.19. The molecule has 0 radical (unpaired) electrons. The summed E-state index contributed by atoms with van der Waals surface area (Å²) in [5.41, 5.74) is 0. The lowest BCUT2D eigenvalue weighted by molar-refractivity contribution is 0.587. The molecule has 0 aromatic heterocycles. The number of hydrogen-bond donors (Lipinski definition) is 0. The maximum absolute atomic E-state index is 3.01. The third kappa shape index (κ3) is 2.43. The van der Waals surface area contributed by atoms with E-state index >= 15 is 0 Å². The first-order chi connectivity index (χ1) is 3.77. The van der Waals surface area contributed by atoms with E-state index in [1.165, 1.54) is 32.1 Å². The average molecular weight is 167 g/mol. The summed E-state index contributed by atoms with van der Waals surface area (Å²) in [5, 5.41) is 0.653. The highest BCUT2D eigenvalue weighted by Gasteiger charge is 2.25. The van der Waals surface area contributed by atoms with Gasteiger partial charge in [-0.15, -0.1) is 21.6 Å². The second-order valence-corrected chi connectivity index (χ2v) is 4.15. The topological polar surface area (TPSA) is 0 Å². The molecule has 1 atom stereocenters. The van der Waals surface area contributed by atoms with Gasteiger partial charge in [-0.1, -0.05) is 19.8 Å². The van der Waals surface area contributed by atoms with Crippen LogP contribution in [0.15, 0.2) is 0 Å². The highest BCUT2D eigenvalue weighted by Crippen LogP contribution is 2.39. The maximum Gasteiger partial charge on any atom is -0.0153 e. The molecule has 0 nitrogen and oxygen atoms in total. The van der Waals surface area contributed by atoms with Crippen LogP contribution in [0.25, 0.3) is 0 Å². The minimum atomic E-state index is 0. The van der Waals surface area contributed by atoms with Crippen LogP contribution in [0.5, 0.6) is 0 Å². The molecule has 0 bridgehead atoms. The Bertz CT molecular complexity index is 77.0. The second-order valence-electron chi connectivity index (χ2n) is 2.92. The van der Waals surface area contributed by atoms with Crippen molar-refractivity contribution < 1.29 is 0 Å². The Kier molecular flexibility index (Phi) is 4.09. The fourth-order valence-electron chi connectivity index (χ4n) is 1.43. The highest BCUT2D eigenvalue weighted by atomic mass is 35.5. The molecule has 0 amide bonds. The number of halogens is 1. The van der Waals surface area contributed by atoms with Crippen LogP contribution in [0.3, 0.4) is 0 Å². The predicted octanol–water partition coefficient (Wildman–Crippen LogP) is 3.01. The van der Waals surface area contributed by atoms with Crippen LogP contribution < -0.4 is 0 Å². The zero-order valence-corrected chi connectivity index (χ0v) is 7.99. The third-order valence-corrected chi connectivity index (χ3v) is 3.29. The highest BCUT2D eigenvalue weighted by molar-refractivity contribution is 7.19. The van der Waals surface area contributed by atoms with E-state index < -0.39 is 0 Å². The summed E-state index contributed by atoms with van der Waals surface area (Å²) >= 11 is 0. The summed E-state index contributed by atoms with van der Waals surface area (Å²) in [6.07, 6.45) is 7.13. The molecule has 1 aliphatic carbocycles. The van der Waals surface area contributed by atoms with Crippen molar-refractivity contribution in [2.75, 3.05) is 0 Å². The molecule has 1 saturated carbocycles.